The van der Waals surface area contributed by atoms with E-state index in [0.717, 1.165) is 49.0 Å². The minimum atomic E-state index is -0.367. The van der Waals surface area contributed by atoms with Gasteiger partial charge in [-0.3, -0.25) is 9.59 Å². The van der Waals surface area contributed by atoms with E-state index in [1.54, 1.807) is 4.90 Å². The quantitative estimate of drug-likeness (QED) is 0.827. The minimum Gasteiger partial charge on any atom is -0.329 e. The molecular formula is C22H26ClN3O2. The van der Waals surface area contributed by atoms with Crippen molar-refractivity contribution in [2.24, 2.45) is 0 Å². The van der Waals surface area contributed by atoms with Crippen LogP contribution in [-0.2, 0) is 9.59 Å². The molecule has 2 unspecified atom stereocenters. The van der Waals surface area contributed by atoms with Crippen molar-refractivity contribution < 1.29 is 9.59 Å². The zero-order chi connectivity index (χ0) is 18.6. The van der Waals surface area contributed by atoms with E-state index in [2.05, 4.69) is 22.8 Å². The van der Waals surface area contributed by atoms with Gasteiger partial charge in [0.05, 0.1) is 6.04 Å². The van der Waals surface area contributed by atoms with Gasteiger partial charge >= 0.3 is 0 Å². The number of nitrogens with one attached hydrogen (secondary N) is 2. The number of rotatable bonds is 4. The number of benzene rings is 2. The molecule has 28 heavy (non-hydrogen) atoms. The molecule has 2 atom stereocenters. The number of amides is 2. The van der Waals surface area contributed by atoms with E-state index in [4.69, 9.17) is 0 Å². The molecule has 2 aromatic carbocycles. The lowest BCUT2D eigenvalue weighted by atomic mass is 10.1. The van der Waals surface area contributed by atoms with Gasteiger partial charge in [0.1, 0.15) is 6.04 Å². The van der Waals surface area contributed by atoms with Crippen molar-refractivity contribution in [3.05, 3.63) is 54.6 Å². The number of nitrogens with zero attached hydrogens (tertiary/aromatic N) is 1. The first-order chi connectivity index (χ1) is 13.2. The van der Waals surface area contributed by atoms with Crippen molar-refractivity contribution >= 4 is 29.9 Å². The summed E-state index contributed by atoms with van der Waals surface area (Å²) in [6.07, 6.45) is 3.50. The predicted molar refractivity (Wildman–Crippen MR) is 114 cm³/mol. The summed E-state index contributed by atoms with van der Waals surface area (Å²) in [5.41, 5.74) is 3.02. The molecule has 2 N–H and O–H groups in total. The first-order valence-electron chi connectivity index (χ1n) is 9.72. The molecule has 2 aliphatic rings. The molecule has 0 aromatic heterocycles. The maximum atomic E-state index is 12.8. The number of hydrogen-bond donors (Lipinski definition) is 2. The third-order valence-corrected chi connectivity index (χ3v) is 5.46. The lowest BCUT2D eigenvalue weighted by Gasteiger charge is -2.26. The molecule has 2 fully saturated rings. The number of halogens is 1. The Labute approximate surface area is 171 Å². The highest BCUT2D eigenvalue weighted by Gasteiger charge is 2.37. The second-order valence-electron chi connectivity index (χ2n) is 7.27. The summed E-state index contributed by atoms with van der Waals surface area (Å²) in [4.78, 5) is 27.2. The van der Waals surface area contributed by atoms with Crippen molar-refractivity contribution in [1.82, 2.24) is 10.2 Å². The van der Waals surface area contributed by atoms with Gasteiger partial charge in [-0.1, -0.05) is 42.5 Å². The zero-order valence-corrected chi connectivity index (χ0v) is 16.6. The predicted octanol–water partition coefficient (Wildman–Crippen LogP) is 3.46. The average molecular weight is 400 g/mol. The van der Waals surface area contributed by atoms with Gasteiger partial charge in [0.25, 0.3) is 0 Å². The molecule has 148 valence electrons. The van der Waals surface area contributed by atoms with Gasteiger partial charge in [0.15, 0.2) is 0 Å². The number of likely N-dealkylation sites (tertiary alicyclic amines) is 1. The largest absolute Gasteiger partial charge is 0.329 e. The van der Waals surface area contributed by atoms with Gasteiger partial charge in [0.2, 0.25) is 11.8 Å². The summed E-state index contributed by atoms with van der Waals surface area (Å²) < 4.78 is 0. The van der Waals surface area contributed by atoms with E-state index >= 15 is 0 Å². The molecule has 2 heterocycles. The number of anilines is 1. The van der Waals surface area contributed by atoms with E-state index in [0.29, 0.717) is 6.54 Å². The summed E-state index contributed by atoms with van der Waals surface area (Å²) >= 11 is 0. The second-order valence-corrected chi connectivity index (χ2v) is 7.27. The Morgan fingerprint density at radius 3 is 2.32 bits per heavy atom. The van der Waals surface area contributed by atoms with Gasteiger partial charge < -0.3 is 15.5 Å². The molecule has 0 saturated carbocycles. The van der Waals surface area contributed by atoms with Crippen LogP contribution in [0.5, 0.6) is 0 Å². The number of carbonyl (C=O) groups is 2. The molecule has 2 aromatic rings. The fourth-order valence-corrected chi connectivity index (χ4v) is 4.00. The van der Waals surface area contributed by atoms with Gasteiger partial charge in [-0.05, 0) is 55.5 Å². The van der Waals surface area contributed by atoms with Crippen LogP contribution >= 0.6 is 12.4 Å². The van der Waals surface area contributed by atoms with Crippen LogP contribution < -0.4 is 10.6 Å². The molecule has 2 saturated heterocycles. The van der Waals surface area contributed by atoms with Gasteiger partial charge in [-0.25, -0.2) is 0 Å². The van der Waals surface area contributed by atoms with Crippen LogP contribution in [0.4, 0.5) is 5.69 Å². The van der Waals surface area contributed by atoms with Crippen molar-refractivity contribution in [2.45, 2.75) is 37.8 Å². The SMILES string of the molecule is Cl.O=C(Nc1ccc(-c2ccccc2)cc1)C1CCCN1C(=O)C1CCCN1. The van der Waals surface area contributed by atoms with E-state index < -0.39 is 0 Å². The molecule has 2 aliphatic heterocycles. The topological polar surface area (TPSA) is 61.4 Å². The highest BCUT2D eigenvalue weighted by atomic mass is 35.5. The average Bonchev–Trinajstić information content (AvgIpc) is 3.41. The third-order valence-electron chi connectivity index (χ3n) is 5.46. The van der Waals surface area contributed by atoms with Crippen LogP contribution in [0.1, 0.15) is 25.7 Å². The minimum absolute atomic E-state index is 0. The number of hydrogen-bond acceptors (Lipinski definition) is 3. The van der Waals surface area contributed by atoms with Gasteiger partial charge in [0, 0.05) is 12.2 Å². The maximum absolute atomic E-state index is 12.8. The summed E-state index contributed by atoms with van der Waals surface area (Å²) in [5.74, 6) is -0.0177. The Hall–Kier alpha value is -2.37. The standard InChI is InChI=1S/C22H25N3O2.ClH/c26-21(20-9-5-15-25(20)22(27)19-8-4-14-23-19)24-18-12-10-17(11-13-18)16-6-2-1-3-7-16;/h1-3,6-7,10-13,19-20,23H,4-5,8-9,14-15H2,(H,24,26);1H. The van der Waals surface area contributed by atoms with Crippen LogP contribution in [0.25, 0.3) is 11.1 Å². The zero-order valence-electron chi connectivity index (χ0n) is 15.8. The monoisotopic (exact) mass is 399 g/mol. The van der Waals surface area contributed by atoms with Crippen molar-refractivity contribution in [1.29, 1.82) is 0 Å². The van der Waals surface area contributed by atoms with Crippen LogP contribution in [0, 0.1) is 0 Å². The Kier molecular flexibility index (Phi) is 6.70. The fourth-order valence-electron chi connectivity index (χ4n) is 4.00. The summed E-state index contributed by atoms with van der Waals surface area (Å²) in [6.45, 7) is 1.55. The molecule has 0 spiro atoms. The van der Waals surface area contributed by atoms with E-state index in [1.807, 2.05) is 42.5 Å². The molecule has 5 nitrogen and oxygen atoms in total. The maximum Gasteiger partial charge on any atom is 0.247 e. The second kappa shape index (κ2) is 9.22. The molecule has 6 heteroatoms. The Morgan fingerprint density at radius 1 is 0.929 bits per heavy atom. The Morgan fingerprint density at radius 2 is 1.64 bits per heavy atom. The highest BCUT2D eigenvalue weighted by molar-refractivity contribution is 5.98. The Balaban J connectivity index is 0.00000225. The van der Waals surface area contributed by atoms with Crippen LogP contribution in [0.15, 0.2) is 54.6 Å². The van der Waals surface area contributed by atoms with E-state index in [1.165, 1.54) is 0 Å². The molecule has 2 amide bonds. The molecular weight excluding hydrogens is 374 g/mol. The molecule has 4 rings (SSSR count). The van der Waals surface area contributed by atoms with Crippen molar-refractivity contribution in [3.63, 3.8) is 0 Å². The third kappa shape index (κ3) is 4.37. The molecule has 0 radical (unpaired) electrons. The normalized spacial score (nSPS) is 21.2. The molecule has 0 aliphatic carbocycles. The first kappa shape index (κ1) is 20.4. The summed E-state index contributed by atoms with van der Waals surface area (Å²) in [6, 6.07) is 17.5. The van der Waals surface area contributed by atoms with Crippen LogP contribution in [-0.4, -0.2) is 41.9 Å². The first-order valence-corrected chi connectivity index (χ1v) is 9.72. The van der Waals surface area contributed by atoms with Crippen molar-refractivity contribution in [3.8, 4) is 11.1 Å². The van der Waals surface area contributed by atoms with Crippen LogP contribution in [0.2, 0.25) is 0 Å². The Bertz CT molecular complexity index is 804. The van der Waals surface area contributed by atoms with Crippen LogP contribution in [0.3, 0.4) is 0 Å². The summed E-state index contributed by atoms with van der Waals surface area (Å²) in [5, 5.41) is 6.23. The van der Waals surface area contributed by atoms with Gasteiger partial charge in [-0.15, -0.1) is 12.4 Å². The molecule has 0 bridgehead atoms. The number of carbonyl (C=O) groups excluding carboxylic acids is 2. The lowest BCUT2D eigenvalue weighted by molar-refractivity contribution is -0.138. The lowest BCUT2D eigenvalue weighted by Crippen LogP contribution is -2.49. The smallest absolute Gasteiger partial charge is 0.247 e. The highest BCUT2D eigenvalue weighted by Crippen LogP contribution is 2.24. The van der Waals surface area contributed by atoms with E-state index in [-0.39, 0.29) is 36.3 Å². The van der Waals surface area contributed by atoms with Crippen molar-refractivity contribution in [2.75, 3.05) is 18.4 Å². The van der Waals surface area contributed by atoms with E-state index in [9.17, 15) is 9.59 Å². The van der Waals surface area contributed by atoms with Gasteiger partial charge in [-0.2, -0.15) is 0 Å². The fraction of sp³-hybridized carbons (Fsp3) is 0.364. The summed E-state index contributed by atoms with van der Waals surface area (Å²) in [7, 11) is 0.